The van der Waals surface area contributed by atoms with Crippen LogP contribution in [0.3, 0.4) is 0 Å². The number of piperazine rings is 1. The fourth-order valence-electron chi connectivity index (χ4n) is 5.30. The fourth-order valence-corrected chi connectivity index (χ4v) is 5.30. The predicted molar refractivity (Wildman–Crippen MR) is 129 cm³/mol. The highest BCUT2D eigenvalue weighted by molar-refractivity contribution is 5.94. The molecule has 3 heterocycles. The number of amides is 1. The van der Waals surface area contributed by atoms with Gasteiger partial charge in [0.25, 0.3) is 5.91 Å². The van der Waals surface area contributed by atoms with Crippen molar-refractivity contribution in [3.8, 4) is 5.75 Å². The number of carbonyl (C=O) groups excluding carboxylic acids is 1. The average Bonchev–Trinajstić information content (AvgIpc) is 2.83. The minimum absolute atomic E-state index is 0.100. The first-order chi connectivity index (χ1) is 15.6. The molecule has 2 aromatic rings. The number of rotatable bonds is 9. The van der Waals surface area contributed by atoms with Crippen molar-refractivity contribution in [1.29, 1.82) is 0 Å². The number of methoxy groups -OCH3 is 1. The number of benzene rings is 2. The molecule has 0 radical (unpaired) electrons. The summed E-state index contributed by atoms with van der Waals surface area (Å²) in [5.41, 5.74) is 3.26. The van der Waals surface area contributed by atoms with Crippen LogP contribution in [0.4, 0.5) is 0 Å². The van der Waals surface area contributed by atoms with Crippen molar-refractivity contribution >= 4 is 5.91 Å². The summed E-state index contributed by atoms with van der Waals surface area (Å²) in [5, 5.41) is 0. The van der Waals surface area contributed by atoms with Gasteiger partial charge < -0.3 is 9.64 Å². The van der Waals surface area contributed by atoms with Crippen LogP contribution in [0.2, 0.25) is 0 Å². The van der Waals surface area contributed by atoms with E-state index in [1.54, 1.807) is 7.11 Å². The molecule has 1 amide bonds. The van der Waals surface area contributed by atoms with Crippen molar-refractivity contribution in [2.24, 2.45) is 0 Å². The van der Waals surface area contributed by atoms with Crippen LogP contribution in [0.15, 0.2) is 61.2 Å². The van der Waals surface area contributed by atoms with Gasteiger partial charge in [-0.1, -0.05) is 30.3 Å². The molecule has 32 heavy (non-hydrogen) atoms. The fraction of sp³-hybridized carbons (Fsp3) is 0.444. The monoisotopic (exact) mass is 433 g/mol. The van der Waals surface area contributed by atoms with Gasteiger partial charge in [0, 0.05) is 50.4 Å². The van der Waals surface area contributed by atoms with Gasteiger partial charge in [0.15, 0.2) is 0 Å². The van der Waals surface area contributed by atoms with E-state index < -0.39 is 0 Å². The molecular formula is C27H35N3O2. The molecule has 0 spiro atoms. The van der Waals surface area contributed by atoms with Gasteiger partial charge in [-0.2, -0.15) is 0 Å². The molecule has 2 aromatic carbocycles. The van der Waals surface area contributed by atoms with Crippen molar-refractivity contribution in [3.05, 3.63) is 77.9 Å². The molecule has 0 saturated carbocycles. The van der Waals surface area contributed by atoms with Gasteiger partial charge in [0.2, 0.25) is 0 Å². The molecule has 5 nitrogen and oxygen atoms in total. The highest BCUT2D eigenvalue weighted by atomic mass is 16.5. The van der Waals surface area contributed by atoms with E-state index in [1.807, 2.05) is 49.1 Å². The summed E-state index contributed by atoms with van der Waals surface area (Å²) in [4.78, 5) is 19.8. The second kappa shape index (κ2) is 9.88. The van der Waals surface area contributed by atoms with E-state index in [-0.39, 0.29) is 11.9 Å². The maximum absolute atomic E-state index is 12.8. The molecular weight excluding hydrogens is 398 g/mol. The van der Waals surface area contributed by atoms with Crippen molar-refractivity contribution in [2.75, 3.05) is 39.8 Å². The third kappa shape index (κ3) is 4.32. The van der Waals surface area contributed by atoms with E-state index in [2.05, 4.69) is 40.6 Å². The Morgan fingerprint density at radius 1 is 1.06 bits per heavy atom. The second-order valence-electron chi connectivity index (χ2n) is 8.77. The highest BCUT2D eigenvalue weighted by Crippen LogP contribution is 2.43. The highest BCUT2D eigenvalue weighted by Gasteiger charge is 2.48. The first kappa shape index (κ1) is 22.6. The van der Waals surface area contributed by atoms with E-state index in [4.69, 9.17) is 4.74 Å². The van der Waals surface area contributed by atoms with Crippen molar-refractivity contribution in [3.63, 3.8) is 0 Å². The Kier molecular flexibility index (Phi) is 6.97. The first-order valence-corrected chi connectivity index (χ1v) is 11.7. The molecule has 3 atom stereocenters. The third-order valence-corrected chi connectivity index (χ3v) is 6.97. The van der Waals surface area contributed by atoms with Crippen LogP contribution >= 0.6 is 0 Å². The smallest absolute Gasteiger partial charge is 0.253 e. The maximum atomic E-state index is 12.8. The molecule has 0 N–H and O–H groups in total. The number of fused-ring (bicyclic) bond motifs is 2. The molecule has 0 aromatic heterocycles. The lowest BCUT2D eigenvalue weighted by Gasteiger charge is -2.59. The molecule has 3 saturated heterocycles. The van der Waals surface area contributed by atoms with Crippen LogP contribution in [0.5, 0.6) is 5.75 Å². The number of ether oxygens (including phenoxy) is 1. The summed E-state index contributed by atoms with van der Waals surface area (Å²) in [6.07, 6.45) is 3.25. The van der Waals surface area contributed by atoms with Gasteiger partial charge in [0.1, 0.15) is 5.75 Å². The summed E-state index contributed by atoms with van der Waals surface area (Å²) in [6, 6.07) is 18.0. The SMILES string of the molecule is C=CCN1CC2CC(C1)N2C(c1ccc(OC)cc1)c1ccc(C(=O)N(CC)CC)cc1. The Hall–Kier alpha value is -2.63. The average molecular weight is 434 g/mol. The molecule has 3 aliphatic heterocycles. The quantitative estimate of drug-likeness (QED) is 0.555. The topological polar surface area (TPSA) is 36.0 Å². The molecule has 3 aliphatic rings. The molecule has 5 heteroatoms. The summed E-state index contributed by atoms with van der Waals surface area (Å²) in [7, 11) is 1.70. The standard InChI is InChI=1S/C27H35N3O2/c1-5-16-28-18-23-17-24(19-28)30(23)26(21-12-14-25(32-4)15-13-21)20-8-10-22(11-9-20)27(31)29(6-2)7-3/h5,8-15,23-24,26H,1,6-7,16-19H2,2-4H3. The van der Waals surface area contributed by atoms with Crippen LogP contribution in [0.25, 0.3) is 0 Å². The Morgan fingerprint density at radius 2 is 1.62 bits per heavy atom. The summed E-state index contributed by atoms with van der Waals surface area (Å²) in [6.45, 7) is 12.5. The van der Waals surface area contributed by atoms with Crippen molar-refractivity contribution < 1.29 is 9.53 Å². The van der Waals surface area contributed by atoms with Gasteiger partial charge in [-0.25, -0.2) is 0 Å². The molecule has 2 bridgehead atoms. The van der Waals surface area contributed by atoms with E-state index in [0.29, 0.717) is 12.1 Å². The van der Waals surface area contributed by atoms with Gasteiger partial charge >= 0.3 is 0 Å². The van der Waals surface area contributed by atoms with Gasteiger partial charge in [-0.3, -0.25) is 14.6 Å². The zero-order valence-electron chi connectivity index (χ0n) is 19.5. The minimum Gasteiger partial charge on any atom is -0.497 e. The van der Waals surface area contributed by atoms with Crippen LogP contribution < -0.4 is 4.74 Å². The Labute approximate surface area is 192 Å². The Bertz CT molecular complexity index is 909. The molecule has 3 unspecified atom stereocenters. The molecule has 3 fully saturated rings. The van der Waals surface area contributed by atoms with E-state index in [0.717, 1.165) is 44.0 Å². The van der Waals surface area contributed by atoms with Gasteiger partial charge in [-0.05, 0) is 55.7 Å². The van der Waals surface area contributed by atoms with Gasteiger partial charge in [-0.15, -0.1) is 6.58 Å². The molecule has 5 rings (SSSR count). The normalized spacial score (nSPS) is 21.5. The minimum atomic E-state index is 0.100. The van der Waals surface area contributed by atoms with E-state index >= 15 is 0 Å². The number of nitrogens with zero attached hydrogens (tertiary/aromatic N) is 3. The van der Waals surface area contributed by atoms with E-state index in [9.17, 15) is 4.79 Å². The number of hydrogen-bond acceptors (Lipinski definition) is 4. The van der Waals surface area contributed by atoms with Crippen LogP contribution in [-0.2, 0) is 0 Å². The van der Waals surface area contributed by atoms with Crippen LogP contribution in [0, 0.1) is 0 Å². The van der Waals surface area contributed by atoms with Crippen LogP contribution in [0.1, 0.15) is 47.8 Å². The third-order valence-electron chi connectivity index (χ3n) is 6.97. The van der Waals surface area contributed by atoms with Crippen LogP contribution in [-0.4, -0.2) is 72.5 Å². The van der Waals surface area contributed by atoms with Crippen molar-refractivity contribution in [2.45, 2.75) is 38.4 Å². The summed E-state index contributed by atoms with van der Waals surface area (Å²) >= 11 is 0. The lowest BCUT2D eigenvalue weighted by Crippen LogP contribution is -2.69. The lowest BCUT2D eigenvalue weighted by molar-refractivity contribution is -0.0849. The first-order valence-electron chi connectivity index (χ1n) is 11.7. The predicted octanol–water partition coefficient (Wildman–Crippen LogP) is 4.21. The Morgan fingerprint density at radius 3 is 2.12 bits per heavy atom. The zero-order chi connectivity index (χ0) is 22.7. The van der Waals surface area contributed by atoms with Gasteiger partial charge in [0.05, 0.1) is 13.2 Å². The molecule has 170 valence electrons. The number of hydrogen-bond donors (Lipinski definition) is 0. The summed E-state index contributed by atoms with van der Waals surface area (Å²) < 4.78 is 5.38. The molecule has 0 aliphatic carbocycles. The second-order valence-corrected chi connectivity index (χ2v) is 8.77. The van der Waals surface area contributed by atoms with Crippen molar-refractivity contribution in [1.82, 2.24) is 14.7 Å². The number of piperidine rings is 1. The number of carbonyl (C=O) groups is 1. The lowest BCUT2D eigenvalue weighted by atomic mass is 9.81. The largest absolute Gasteiger partial charge is 0.497 e. The zero-order valence-corrected chi connectivity index (χ0v) is 19.5. The summed E-state index contributed by atoms with van der Waals surface area (Å²) in [5.74, 6) is 0.970. The van der Waals surface area contributed by atoms with E-state index in [1.165, 1.54) is 17.5 Å². The Balaban J connectivity index is 1.63. The maximum Gasteiger partial charge on any atom is 0.253 e.